The van der Waals surface area contributed by atoms with Crippen molar-refractivity contribution < 1.29 is 14.7 Å². The molecular formula is C13H16N2O3. The van der Waals surface area contributed by atoms with Crippen LogP contribution in [0.5, 0.6) is 0 Å². The Balaban J connectivity index is 2.17. The molecular weight excluding hydrogens is 232 g/mol. The summed E-state index contributed by atoms with van der Waals surface area (Å²) < 4.78 is 0. The lowest BCUT2D eigenvalue weighted by atomic mass is 9.99. The molecule has 5 nitrogen and oxygen atoms in total. The molecule has 1 fully saturated rings. The summed E-state index contributed by atoms with van der Waals surface area (Å²) in [5.74, 6) is -1.44. The summed E-state index contributed by atoms with van der Waals surface area (Å²) in [5.41, 5.74) is 1.23. The second-order valence-corrected chi connectivity index (χ2v) is 4.77. The molecule has 5 heteroatoms. The summed E-state index contributed by atoms with van der Waals surface area (Å²) in [6, 6.07) is 3.44. The molecule has 2 atom stereocenters. The number of carbonyl (C=O) groups excluding carboxylic acids is 1. The Bertz CT molecular complexity index is 487. The lowest BCUT2D eigenvalue weighted by molar-refractivity contribution is -0.142. The number of aliphatic carboxylic acids is 1. The predicted octanol–water partition coefficient (Wildman–Crippen LogP) is 1.18. The van der Waals surface area contributed by atoms with Crippen molar-refractivity contribution in [2.24, 2.45) is 11.8 Å². The molecule has 1 aliphatic rings. The predicted molar refractivity (Wildman–Crippen MR) is 65.2 cm³/mol. The van der Waals surface area contributed by atoms with Crippen molar-refractivity contribution in [2.75, 3.05) is 13.1 Å². The van der Waals surface area contributed by atoms with E-state index in [1.807, 2.05) is 6.92 Å². The molecule has 0 aromatic carbocycles. The number of rotatable bonds is 2. The van der Waals surface area contributed by atoms with E-state index in [0.717, 1.165) is 0 Å². The Labute approximate surface area is 105 Å². The van der Waals surface area contributed by atoms with E-state index in [-0.39, 0.29) is 18.4 Å². The minimum atomic E-state index is -0.833. The van der Waals surface area contributed by atoms with E-state index < -0.39 is 11.9 Å². The fraction of sp³-hybridized carbons (Fsp3) is 0.462. The molecule has 0 bridgehead atoms. The van der Waals surface area contributed by atoms with Gasteiger partial charge in [-0.25, -0.2) is 0 Å². The molecule has 1 amide bonds. The Morgan fingerprint density at radius 1 is 1.44 bits per heavy atom. The molecule has 0 unspecified atom stereocenters. The minimum Gasteiger partial charge on any atom is -0.481 e. The maximum absolute atomic E-state index is 12.3. The van der Waals surface area contributed by atoms with Crippen molar-refractivity contribution in [1.82, 2.24) is 9.88 Å². The first-order valence-electron chi connectivity index (χ1n) is 5.94. The van der Waals surface area contributed by atoms with Crippen LogP contribution < -0.4 is 0 Å². The monoisotopic (exact) mass is 248 g/mol. The van der Waals surface area contributed by atoms with Crippen molar-refractivity contribution in [3.05, 3.63) is 29.6 Å². The molecule has 96 valence electrons. The Hall–Kier alpha value is -1.91. The van der Waals surface area contributed by atoms with Crippen molar-refractivity contribution in [3.8, 4) is 0 Å². The van der Waals surface area contributed by atoms with Gasteiger partial charge in [0.15, 0.2) is 0 Å². The van der Waals surface area contributed by atoms with Crippen LogP contribution in [0.1, 0.15) is 23.0 Å². The van der Waals surface area contributed by atoms with E-state index in [4.69, 9.17) is 5.11 Å². The van der Waals surface area contributed by atoms with Crippen LogP contribution in [0.2, 0.25) is 0 Å². The van der Waals surface area contributed by atoms with E-state index >= 15 is 0 Å². The number of aryl methyl sites for hydroxylation is 1. The lowest BCUT2D eigenvalue weighted by Crippen LogP contribution is -2.30. The second-order valence-electron chi connectivity index (χ2n) is 4.77. The number of hydrogen-bond donors (Lipinski definition) is 1. The van der Waals surface area contributed by atoms with E-state index in [1.54, 1.807) is 30.2 Å². The molecule has 1 aromatic heterocycles. The highest BCUT2D eigenvalue weighted by Crippen LogP contribution is 2.25. The molecule has 0 spiro atoms. The zero-order valence-corrected chi connectivity index (χ0v) is 10.5. The fourth-order valence-corrected chi connectivity index (χ4v) is 2.33. The van der Waals surface area contributed by atoms with Gasteiger partial charge in [-0.05, 0) is 25.0 Å². The van der Waals surface area contributed by atoms with Gasteiger partial charge in [-0.2, -0.15) is 0 Å². The van der Waals surface area contributed by atoms with Gasteiger partial charge >= 0.3 is 5.97 Å². The second kappa shape index (κ2) is 4.76. The van der Waals surface area contributed by atoms with Gasteiger partial charge in [0.25, 0.3) is 5.91 Å². The number of likely N-dealkylation sites (tertiary alicyclic amines) is 1. The van der Waals surface area contributed by atoms with Crippen LogP contribution in [0, 0.1) is 18.8 Å². The van der Waals surface area contributed by atoms with Crippen molar-refractivity contribution in [3.63, 3.8) is 0 Å². The number of pyridine rings is 1. The first-order chi connectivity index (χ1) is 8.50. The van der Waals surface area contributed by atoms with E-state index in [9.17, 15) is 9.59 Å². The molecule has 1 N–H and O–H groups in total. The van der Waals surface area contributed by atoms with Crippen LogP contribution in [-0.4, -0.2) is 40.0 Å². The highest BCUT2D eigenvalue weighted by Gasteiger charge is 2.37. The fourth-order valence-electron chi connectivity index (χ4n) is 2.33. The Kier molecular flexibility index (Phi) is 3.32. The maximum Gasteiger partial charge on any atom is 0.308 e. The molecule has 18 heavy (non-hydrogen) atoms. The summed E-state index contributed by atoms with van der Waals surface area (Å²) >= 11 is 0. The third kappa shape index (κ3) is 2.20. The van der Waals surface area contributed by atoms with Gasteiger partial charge < -0.3 is 10.0 Å². The highest BCUT2D eigenvalue weighted by atomic mass is 16.4. The molecule has 2 heterocycles. The first-order valence-corrected chi connectivity index (χ1v) is 5.94. The summed E-state index contributed by atoms with van der Waals surface area (Å²) in [7, 11) is 0. The minimum absolute atomic E-state index is 0.0107. The van der Waals surface area contributed by atoms with Gasteiger partial charge in [0.2, 0.25) is 0 Å². The number of amides is 1. The average molecular weight is 248 g/mol. The molecule has 0 saturated carbocycles. The van der Waals surface area contributed by atoms with Crippen LogP contribution in [0.25, 0.3) is 0 Å². The molecule has 0 radical (unpaired) electrons. The maximum atomic E-state index is 12.3. The molecule has 0 aliphatic carbocycles. The molecule has 1 aromatic rings. The van der Waals surface area contributed by atoms with Crippen LogP contribution in [0.4, 0.5) is 0 Å². The molecule has 1 saturated heterocycles. The summed E-state index contributed by atoms with van der Waals surface area (Å²) in [5, 5.41) is 9.06. The topological polar surface area (TPSA) is 70.5 Å². The van der Waals surface area contributed by atoms with E-state index in [0.29, 0.717) is 17.8 Å². The number of aromatic nitrogens is 1. The smallest absolute Gasteiger partial charge is 0.308 e. The number of carboxylic acids is 1. The standard InChI is InChI=1S/C13H16N2O3/c1-8-6-15(7-11(8)13(17)18)12(16)10-4-3-5-14-9(10)2/h3-5,8,11H,6-7H2,1-2H3,(H,17,18)/t8-,11-/m1/s1. The van der Waals surface area contributed by atoms with Crippen molar-refractivity contribution in [1.29, 1.82) is 0 Å². The van der Waals surface area contributed by atoms with Crippen LogP contribution in [0.3, 0.4) is 0 Å². The van der Waals surface area contributed by atoms with E-state index in [2.05, 4.69) is 4.98 Å². The largest absolute Gasteiger partial charge is 0.481 e. The Morgan fingerprint density at radius 2 is 2.17 bits per heavy atom. The number of carboxylic acid groups (broad SMARTS) is 1. The SMILES string of the molecule is Cc1ncccc1C(=O)N1C[C@@H](C)[C@H](C(=O)O)C1. The molecule has 2 rings (SSSR count). The van der Waals surface area contributed by atoms with Crippen molar-refractivity contribution in [2.45, 2.75) is 13.8 Å². The molecule has 1 aliphatic heterocycles. The highest BCUT2D eigenvalue weighted by molar-refractivity contribution is 5.95. The van der Waals surface area contributed by atoms with Crippen LogP contribution in [0.15, 0.2) is 18.3 Å². The van der Waals surface area contributed by atoms with Gasteiger partial charge in [0, 0.05) is 25.0 Å². The number of nitrogens with zero attached hydrogens (tertiary/aromatic N) is 2. The number of carbonyl (C=O) groups is 2. The van der Waals surface area contributed by atoms with E-state index in [1.165, 1.54) is 0 Å². The van der Waals surface area contributed by atoms with Crippen molar-refractivity contribution >= 4 is 11.9 Å². The lowest BCUT2D eigenvalue weighted by Gasteiger charge is -2.16. The zero-order valence-electron chi connectivity index (χ0n) is 10.5. The van der Waals surface area contributed by atoms with Crippen LogP contribution in [-0.2, 0) is 4.79 Å². The zero-order chi connectivity index (χ0) is 13.3. The first kappa shape index (κ1) is 12.5. The average Bonchev–Trinajstić information content (AvgIpc) is 2.71. The summed E-state index contributed by atoms with van der Waals surface area (Å²) in [6.07, 6.45) is 1.64. The third-order valence-corrected chi connectivity index (χ3v) is 3.45. The van der Waals surface area contributed by atoms with Crippen LogP contribution >= 0.6 is 0 Å². The summed E-state index contributed by atoms with van der Waals surface area (Å²) in [6.45, 7) is 4.41. The van der Waals surface area contributed by atoms with Gasteiger partial charge in [0.05, 0.1) is 11.5 Å². The summed E-state index contributed by atoms with van der Waals surface area (Å²) in [4.78, 5) is 29.0. The van der Waals surface area contributed by atoms with Gasteiger partial charge in [0.1, 0.15) is 0 Å². The number of hydrogen-bond acceptors (Lipinski definition) is 3. The normalized spacial score (nSPS) is 23.1. The van der Waals surface area contributed by atoms with Gasteiger partial charge in [-0.15, -0.1) is 0 Å². The third-order valence-electron chi connectivity index (χ3n) is 3.45. The Morgan fingerprint density at radius 3 is 2.72 bits per heavy atom. The van der Waals surface area contributed by atoms with Gasteiger partial charge in [-0.3, -0.25) is 14.6 Å². The quantitative estimate of drug-likeness (QED) is 0.853. The van der Waals surface area contributed by atoms with Gasteiger partial charge in [-0.1, -0.05) is 6.92 Å².